The molecule has 0 spiro atoms. The first-order chi connectivity index (χ1) is 9.20. The fourth-order valence-electron chi connectivity index (χ4n) is 2.36. The van der Waals surface area contributed by atoms with Crippen LogP contribution in [0.1, 0.15) is 6.92 Å². The molecule has 0 saturated carbocycles. The van der Waals surface area contributed by atoms with Gasteiger partial charge < -0.3 is 0 Å². The molecular weight excluding hydrogens is 383 g/mol. The molecule has 4 heteroatoms. The van der Waals surface area contributed by atoms with Gasteiger partial charge in [0.25, 0.3) is 0 Å². The number of para-hydroxylation sites is 1. The van der Waals surface area contributed by atoms with Gasteiger partial charge in [-0.3, -0.25) is 0 Å². The third-order valence-corrected chi connectivity index (χ3v) is 18.2. The zero-order valence-corrected chi connectivity index (χ0v) is 15.1. The minimum absolute atomic E-state index is 0.643. The Morgan fingerprint density at radius 3 is 2.26 bits per heavy atom. The van der Waals surface area contributed by atoms with Crippen LogP contribution < -0.4 is 9.97 Å². The molecule has 2 unspecified atom stereocenters. The van der Waals surface area contributed by atoms with Crippen LogP contribution in [-0.4, -0.2) is 36.2 Å². The Morgan fingerprint density at radius 1 is 1.05 bits per heavy atom. The van der Waals surface area contributed by atoms with E-state index in [1.807, 2.05) is 0 Å². The Balaban J connectivity index is 2.06. The molecule has 0 aliphatic carbocycles. The van der Waals surface area contributed by atoms with Crippen LogP contribution in [0.4, 0.5) is 5.69 Å². The van der Waals surface area contributed by atoms with Gasteiger partial charge in [-0.25, -0.2) is 0 Å². The van der Waals surface area contributed by atoms with Gasteiger partial charge in [-0.15, -0.1) is 0 Å². The van der Waals surface area contributed by atoms with E-state index in [0.29, 0.717) is 14.5 Å². The number of benzene rings is 2. The van der Waals surface area contributed by atoms with Gasteiger partial charge in [-0.2, -0.15) is 0 Å². The summed E-state index contributed by atoms with van der Waals surface area (Å²) in [6, 6.07) is 21.9. The monoisotopic (exact) mass is 401 g/mol. The molecule has 3 rings (SSSR count). The number of rotatable bonds is 2. The standard InChI is InChI=1S/C15H16NPSe2/c1-13-12-16(14-8-4-2-5-9-14)17(18,19-13)15-10-6-3-7-11-15/h2-11,13H,12H2,1H3. The summed E-state index contributed by atoms with van der Waals surface area (Å²) in [6.45, 7) is 3.57. The van der Waals surface area contributed by atoms with Gasteiger partial charge in [-0.05, 0) is 0 Å². The first-order valence-electron chi connectivity index (χ1n) is 6.37. The third kappa shape index (κ3) is 2.64. The van der Waals surface area contributed by atoms with Crippen molar-refractivity contribution in [1.29, 1.82) is 0 Å². The van der Waals surface area contributed by atoms with Crippen molar-refractivity contribution >= 4 is 45.0 Å². The molecular formula is C15H16NPSe2. The molecule has 2 aromatic carbocycles. The summed E-state index contributed by atoms with van der Waals surface area (Å²) in [4.78, 5) is 0.808. The zero-order valence-electron chi connectivity index (χ0n) is 10.8. The second-order valence-corrected chi connectivity index (χ2v) is 20.1. The van der Waals surface area contributed by atoms with Gasteiger partial charge in [-0.1, -0.05) is 0 Å². The molecule has 1 aliphatic rings. The minimum atomic E-state index is -1.29. The third-order valence-electron chi connectivity index (χ3n) is 3.21. The molecule has 2 aromatic rings. The van der Waals surface area contributed by atoms with Crippen LogP contribution in [0.15, 0.2) is 60.7 Å². The van der Waals surface area contributed by atoms with E-state index in [0.717, 1.165) is 4.82 Å². The Bertz CT molecular complexity index is 600. The summed E-state index contributed by atoms with van der Waals surface area (Å²) in [7, 11) is 0. The van der Waals surface area contributed by atoms with Crippen molar-refractivity contribution in [1.82, 2.24) is 0 Å². The molecule has 0 aromatic heterocycles. The van der Waals surface area contributed by atoms with Crippen molar-refractivity contribution in [2.24, 2.45) is 0 Å². The molecule has 0 radical (unpaired) electrons. The molecule has 0 N–H and O–H groups in total. The molecule has 1 fully saturated rings. The SMILES string of the molecule is CC1CN(c2ccccc2)P(=[Se])(c2ccccc2)[Se]1. The quantitative estimate of drug-likeness (QED) is 0.554. The van der Waals surface area contributed by atoms with E-state index in [2.05, 4.69) is 87.4 Å². The van der Waals surface area contributed by atoms with Crippen molar-refractivity contribution in [3.8, 4) is 0 Å². The Kier molecular flexibility index (Phi) is 4.03. The van der Waals surface area contributed by atoms with E-state index < -0.39 is 4.35 Å². The number of nitrogens with zero attached hydrogens (tertiary/aromatic N) is 1. The summed E-state index contributed by atoms with van der Waals surface area (Å²) in [5, 5.41) is 1.50. The number of anilines is 1. The first-order valence-corrected chi connectivity index (χ1v) is 13.5. The topological polar surface area (TPSA) is 3.24 Å². The van der Waals surface area contributed by atoms with E-state index in [-0.39, 0.29) is 0 Å². The Hall–Kier alpha value is -0.291. The van der Waals surface area contributed by atoms with Gasteiger partial charge in [0.2, 0.25) is 0 Å². The molecule has 19 heavy (non-hydrogen) atoms. The van der Waals surface area contributed by atoms with Crippen molar-refractivity contribution in [2.45, 2.75) is 11.7 Å². The summed E-state index contributed by atoms with van der Waals surface area (Å²) in [5.41, 5.74) is 1.37. The fraction of sp³-hybridized carbons (Fsp3) is 0.200. The molecule has 0 bridgehead atoms. The van der Waals surface area contributed by atoms with E-state index in [9.17, 15) is 0 Å². The van der Waals surface area contributed by atoms with E-state index in [1.165, 1.54) is 17.5 Å². The summed E-state index contributed by atoms with van der Waals surface area (Å²) >= 11 is 4.26. The summed E-state index contributed by atoms with van der Waals surface area (Å²) in [5.74, 6) is 0. The van der Waals surface area contributed by atoms with E-state index >= 15 is 0 Å². The first kappa shape index (κ1) is 13.7. The van der Waals surface area contributed by atoms with Gasteiger partial charge in [0.15, 0.2) is 0 Å². The van der Waals surface area contributed by atoms with Crippen LogP contribution in [0.3, 0.4) is 0 Å². The molecule has 1 heterocycles. The normalized spacial score (nSPS) is 26.6. The van der Waals surface area contributed by atoms with Crippen LogP contribution in [-0.2, 0) is 0 Å². The average molecular weight is 399 g/mol. The second kappa shape index (κ2) is 5.60. The number of hydrogen-bond acceptors (Lipinski definition) is 1. The van der Waals surface area contributed by atoms with Crippen LogP contribution in [0.25, 0.3) is 0 Å². The summed E-state index contributed by atoms with van der Waals surface area (Å²) in [6.07, 6.45) is 0. The molecule has 1 saturated heterocycles. The van der Waals surface area contributed by atoms with E-state index in [4.69, 9.17) is 0 Å². The van der Waals surface area contributed by atoms with Crippen molar-refractivity contribution in [2.75, 3.05) is 11.2 Å². The molecule has 98 valence electrons. The second-order valence-electron chi connectivity index (χ2n) is 4.69. The van der Waals surface area contributed by atoms with E-state index in [1.54, 1.807) is 0 Å². The maximum atomic E-state index is 3.61. The van der Waals surface area contributed by atoms with Crippen molar-refractivity contribution < 1.29 is 0 Å². The molecule has 1 nitrogen and oxygen atoms in total. The predicted octanol–water partition coefficient (Wildman–Crippen LogP) is 3.28. The van der Waals surface area contributed by atoms with Crippen LogP contribution in [0.2, 0.25) is 4.82 Å². The van der Waals surface area contributed by atoms with Crippen LogP contribution >= 0.6 is 4.35 Å². The Morgan fingerprint density at radius 2 is 1.63 bits per heavy atom. The van der Waals surface area contributed by atoms with Gasteiger partial charge in [0.05, 0.1) is 0 Å². The van der Waals surface area contributed by atoms with Gasteiger partial charge >= 0.3 is 129 Å². The maximum absolute atomic E-state index is 3.61. The fourth-order valence-corrected chi connectivity index (χ4v) is 18.8. The number of hydrogen-bond donors (Lipinski definition) is 0. The van der Waals surface area contributed by atoms with Gasteiger partial charge in [0, 0.05) is 0 Å². The van der Waals surface area contributed by atoms with Crippen LogP contribution in [0.5, 0.6) is 0 Å². The molecule has 1 aliphatic heterocycles. The van der Waals surface area contributed by atoms with Crippen molar-refractivity contribution in [3.05, 3.63) is 60.7 Å². The summed E-state index contributed by atoms with van der Waals surface area (Å²) < 4.78 is 1.36. The van der Waals surface area contributed by atoms with Crippen LogP contribution in [0, 0.1) is 0 Å². The van der Waals surface area contributed by atoms with Crippen molar-refractivity contribution in [3.63, 3.8) is 0 Å². The Labute approximate surface area is 128 Å². The zero-order chi connectivity index (χ0) is 13.3. The van der Waals surface area contributed by atoms with Gasteiger partial charge in [0.1, 0.15) is 0 Å². The average Bonchev–Trinajstić information content (AvgIpc) is 2.77. The molecule has 2 atom stereocenters. The molecule has 0 amide bonds. The predicted molar refractivity (Wildman–Crippen MR) is 87.7 cm³/mol.